The molecule has 0 saturated carbocycles. The number of aryl methyl sites for hydroxylation is 1. The second-order valence-electron chi connectivity index (χ2n) is 6.88. The minimum absolute atomic E-state index is 0.0599. The van der Waals surface area contributed by atoms with Crippen LogP contribution < -0.4 is 10.2 Å². The highest BCUT2D eigenvalue weighted by molar-refractivity contribution is 7.80. The molecule has 0 atom stereocenters. The van der Waals surface area contributed by atoms with Crippen LogP contribution in [0, 0.1) is 13.8 Å². The molecule has 156 valence electrons. The molecule has 4 rings (SSSR count). The Labute approximate surface area is 194 Å². The number of rotatable bonds is 3. The fraction of sp³-hybridized carbons (Fsp3) is 0.0909. The van der Waals surface area contributed by atoms with E-state index in [1.54, 1.807) is 30.5 Å². The van der Waals surface area contributed by atoms with Gasteiger partial charge in [-0.15, -0.1) is 0 Å². The van der Waals surface area contributed by atoms with Crippen molar-refractivity contribution in [2.24, 2.45) is 0 Å². The lowest BCUT2D eigenvalue weighted by atomic mass is 10.1. The van der Waals surface area contributed by atoms with E-state index in [-0.39, 0.29) is 20.7 Å². The Morgan fingerprint density at radius 2 is 1.87 bits per heavy atom. The van der Waals surface area contributed by atoms with Crippen LogP contribution in [-0.4, -0.2) is 26.5 Å². The summed E-state index contributed by atoms with van der Waals surface area (Å²) in [7, 11) is 0. The maximum Gasteiger partial charge on any atom is 0.270 e. The number of hydrogen-bond acceptors (Lipinski definition) is 4. The summed E-state index contributed by atoms with van der Waals surface area (Å²) in [5.41, 5.74) is 2.70. The number of carbonyl (C=O) groups is 2. The van der Waals surface area contributed by atoms with Gasteiger partial charge in [-0.25, -0.2) is 4.98 Å². The van der Waals surface area contributed by atoms with Crippen molar-refractivity contribution in [3.63, 3.8) is 0 Å². The molecular formula is C22H16Cl2N4O2S. The van der Waals surface area contributed by atoms with Gasteiger partial charge in [-0.3, -0.25) is 19.8 Å². The summed E-state index contributed by atoms with van der Waals surface area (Å²) < 4.78 is 1.95. The second-order valence-corrected chi connectivity index (χ2v) is 8.05. The number of anilines is 1. The quantitative estimate of drug-likeness (QED) is 0.344. The monoisotopic (exact) mass is 470 g/mol. The Morgan fingerprint density at radius 1 is 1.10 bits per heavy atom. The molecule has 0 bridgehead atoms. The highest BCUT2D eigenvalue weighted by Gasteiger charge is 2.36. The third-order valence-corrected chi connectivity index (χ3v) is 6.02. The van der Waals surface area contributed by atoms with Crippen LogP contribution in [0.25, 0.3) is 11.9 Å². The molecule has 0 spiro atoms. The molecule has 2 aromatic heterocycles. The van der Waals surface area contributed by atoms with Gasteiger partial charge in [0.1, 0.15) is 11.4 Å². The van der Waals surface area contributed by atoms with Gasteiger partial charge in [0.25, 0.3) is 11.8 Å². The van der Waals surface area contributed by atoms with Crippen molar-refractivity contribution in [2.75, 3.05) is 4.90 Å². The predicted molar refractivity (Wildman–Crippen MR) is 126 cm³/mol. The number of benzene rings is 1. The molecule has 1 fully saturated rings. The Hall–Kier alpha value is -3.00. The summed E-state index contributed by atoms with van der Waals surface area (Å²) in [6.07, 6.45) is 3.25. The van der Waals surface area contributed by atoms with Gasteiger partial charge in [-0.05, 0) is 68.0 Å². The van der Waals surface area contributed by atoms with Crippen molar-refractivity contribution < 1.29 is 9.59 Å². The summed E-state index contributed by atoms with van der Waals surface area (Å²) in [6, 6.07) is 12.4. The molecule has 1 saturated heterocycles. The average molecular weight is 471 g/mol. The number of aromatic nitrogens is 2. The summed E-state index contributed by atoms with van der Waals surface area (Å²) in [6.45, 7) is 3.83. The zero-order valence-corrected chi connectivity index (χ0v) is 18.8. The Kier molecular flexibility index (Phi) is 5.66. The zero-order valence-electron chi connectivity index (χ0n) is 16.5. The Bertz CT molecular complexity index is 1270. The molecule has 0 radical (unpaired) electrons. The molecule has 6 nitrogen and oxygen atoms in total. The molecule has 31 heavy (non-hydrogen) atoms. The van der Waals surface area contributed by atoms with Gasteiger partial charge < -0.3 is 4.57 Å². The van der Waals surface area contributed by atoms with Crippen LogP contribution in [0.3, 0.4) is 0 Å². The molecule has 1 aromatic carbocycles. The van der Waals surface area contributed by atoms with Crippen LogP contribution in [0.1, 0.15) is 17.0 Å². The number of nitrogens with one attached hydrogen (secondary N) is 1. The average Bonchev–Trinajstić information content (AvgIpc) is 3.02. The summed E-state index contributed by atoms with van der Waals surface area (Å²) in [5, 5.41) is 2.94. The van der Waals surface area contributed by atoms with Gasteiger partial charge in [-0.2, -0.15) is 0 Å². The molecule has 1 N–H and O–H groups in total. The first-order valence-corrected chi connectivity index (χ1v) is 10.4. The molecular weight excluding hydrogens is 455 g/mol. The van der Waals surface area contributed by atoms with E-state index in [1.807, 2.05) is 42.7 Å². The third-order valence-electron chi connectivity index (χ3n) is 4.92. The lowest BCUT2D eigenvalue weighted by Crippen LogP contribution is -2.54. The topological polar surface area (TPSA) is 67.2 Å². The number of carbonyl (C=O) groups excluding carboxylic acids is 2. The lowest BCUT2D eigenvalue weighted by molar-refractivity contribution is -0.122. The third kappa shape index (κ3) is 3.76. The summed E-state index contributed by atoms with van der Waals surface area (Å²) >= 11 is 17.6. The van der Waals surface area contributed by atoms with Crippen LogP contribution in [0.5, 0.6) is 0 Å². The molecule has 1 aliphatic rings. The largest absolute Gasteiger partial charge is 0.303 e. The van der Waals surface area contributed by atoms with Crippen LogP contribution >= 0.6 is 35.4 Å². The number of pyridine rings is 1. The van der Waals surface area contributed by atoms with Crippen molar-refractivity contribution in [1.82, 2.24) is 14.9 Å². The standard InChI is InChI=1S/C22H16Cl2N4O2S/c1-12-10-14(13(2)27(12)18-8-3-4-9-25-18)11-15-20(29)26-22(31)28(21(15)30)17-7-5-6-16(23)19(17)24/h3-11H,1-2H3,(H,26,29,31)/b15-11+. The van der Waals surface area contributed by atoms with Crippen LogP contribution in [0.2, 0.25) is 10.0 Å². The first kappa shape index (κ1) is 21.2. The molecule has 1 aliphatic heterocycles. The van der Waals surface area contributed by atoms with E-state index in [4.69, 9.17) is 35.4 Å². The first-order chi connectivity index (χ1) is 14.8. The van der Waals surface area contributed by atoms with Gasteiger partial charge in [0, 0.05) is 17.6 Å². The Morgan fingerprint density at radius 3 is 2.58 bits per heavy atom. The highest BCUT2D eigenvalue weighted by atomic mass is 35.5. The van der Waals surface area contributed by atoms with Crippen LogP contribution in [-0.2, 0) is 9.59 Å². The molecule has 2 amide bonds. The van der Waals surface area contributed by atoms with E-state index in [0.717, 1.165) is 17.2 Å². The van der Waals surface area contributed by atoms with Crippen molar-refractivity contribution in [3.8, 4) is 5.82 Å². The summed E-state index contributed by atoms with van der Waals surface area (Å²) in [5.74, 6) is -0.414. The molecule has 3 heterocycles. The smallest absolute Gasteiger partial charge is 0.270 e. The normalized spacial score (nSPS) is 15.5. The van der Waals surface area contributed by atoms with E-state index in [2.05, 4.69) is 10.3 Å². The van der Waals surface area contributed by atoms with E-state index in [1.165, 1.54) is 4.90 Å². The van der Waals surface area contributed by atoms with Crippen LogP contribution in [0.4, 0.5) is 5.69 Å². The van der Waals surface area contributed by atoms with E-state index < -0.39 is 11.8 Å². The highest BCUT2D eigenvalue weighted by Crippen LogP contribution is 2.34. The van der Waals surface area contributed by atoms with Gasteiger partial charge in [0.2, 0.25) is 0 Å². The number of nitrogens with zero attached hydrogens (tertiary/aromatic N) is 3. The van der Waals surface area contributed by atoms with E-state index >= 15 is 0 Å². The Balaban J connectivity index is 1.79. The van der Waals surface area contributed by atoms with Crippen molar-refractivity contribution in [3.05, 3.63) is 81.2 Å². The zero-order chi connectivity index (χ0) is 22.3. The predicted octanol–water partition coefficient (Wildman–Crippen LogP) is 4.63. The van der Waals surface area contributed by atoms with Gasteiger partial charge >= 0.3 is 0 Å². The van der Waals surface area contributed by atoms with Gasteiger partial charge in [0.05, 0.1) is 15.7 Å². The van der Waals surface area contributed by atoms with Gasteiger partial charge in [-0.1, -0.05) is 35.3 Å². The van der Waals surface area contributed by atoms with Crippen molar-refractivity contribution >= 4 is 64.1 Å². The second kappa shape index (κ2) is 8.26. The van der Waals surface area contributed by atoms with Crippen LogP contribution in [0.15, 0.2) is 54.2 Å². The fourth-order valence-electron chi connectivity index (χ4n) is 3.47. The van der Waals surface area contributed by atoms with E-state index in [0.29, 0.717) is 11.3 Å². The minimum Gasteiger partial charge on any atom is -0.303 e. The minimum atomic E-state index is -0.583. The van der Waals surface area contributed by atoms with Crippen molar-refractivity contribution in [2.45, 2.75) is 13.8 Å². The number of halogens is 2. The fourth-order valence-corrected chi connectivity index (χ4v) is 4.12. The number of hydrogen-bond donors (Lipinski definition) is 1. The number of thiocarbonyl (C=S) groups is 1. The molecule has 3 aromatic rings. The van der Waals surface area contributed by atoms with E-state index in [9.17, 15) is 9.59 Å². The van der Waals surface area contributed by atoms with Gasteiger partial charge in [0.15, 0.2) is 5.11 Å². The number of amides is 2. The maximum atomic E-state index is 13.3. The summed E-state index contributed by atoms with van der Waals surface area (Å²) in [4.78, 5) is 31.5. The maximum absolute atomic E-state index is 13.3. The SMILES string of the molecule is Cc1cc(/C=C2\C(=O)NC(=S)N(c3cccc(Cl)c3Cl)C2=O)c(C)n1-c1ccccn1. The molecule has 9 heteroatoms. The molecule has 0 unspecified atom stereocenters. The van der Waals surface area contributed by atoms with Crippen molar-refractivity contribution in [1.29, 1.82) is 0 Å². The first-order valence-electron chi connectivity index (χ1n) is 9.25. The lowest BCUT2D eigenvalue weighted by Gasteiger charge is -2.29. The molecule has 0 aliphatic carbocycles.